The summed E-state index contributed by atoms with van der Waals surface area (Å²) in [4.78, 5) is 21.7. The zero-order valence-electron chi connectivity index (χ0n) is 19.9. The van der Waals surface area contributed by atoms with Crippen LogP contribution in [0.4, 0.5) is 5.69 Å². The van der Waals surface area contributed by atoms with E-state index in [9.17, 15) is 4.79 Å². The normalized spacial score (nSPS) is 10.8. The van der Waals surface area contributed by atoms with E-state index in [1.165, 1.54) is 0 Å². The summed E-state index contributed by atoms with van der Waals surface area (Å²) in [6.07, 6.45) is 3.22. The number of fused-ring (bicyclic) bond motifs is 2. The largest absolute Gasteiger partial charge is 0.497 e. The van der Waals surface area contributed by atoms with Crippen molar-refractivity contribution in [3.63, 3.8) is 0 Å². The van der Waals surface area contributed by atoms with Gasteiger partial charge < -0.3 is 24.3 Å². The molecule has 0 radical (unpaired) electrons. The zero-order chi connectivity index (χ0) is 25.1. The molecule has 8 heteroatoms. The van der Waals surface area contributed by atoms with Crippen molar-refractivity contribution in [3.05, 3.63) is 84.7 Å². The second-order valence-corrected chi connectivity index (χ2v) is 7.90. The van der Waals surface area contributed by atoms with Crippen LogP contribution in [-0.4, -0.2) is 37.2 Å². The van der Waals surface area contributed by atoms with E-state index in [-0.39, 0.29) is 5.91 Å². The van der Waals surface area contributed by atoms with Crippen molar-refractivity contribution < 1.29 is 23.7 Å². The molecule has 0 spiro atoms. The van der Waals surface area contributed by atoms with Gasteiger partial charge in [0, 0.05) is 41.0 Å². The van der Waals surface area contributed by atoms with Crippen LogP contribution < -0.4 is 24.3 Å². The smallest absolute Gasteiger partial charge is 0.257 e. The topological polar surface area (TPSA) is 91.8 Å². The van der Waals surface area contributed by atoms with E-state index in [0.29, 0.717) is 45.5 Å². The molecule has 5 rings (SSSR count). The van der Waals surface area contributed by atoms with Crippen LogP contribution >= 0.6 is 0 Å². The molecule has 8 nitrogen and oxygen atoms in total. The van der Waals surface area contributed by atoms with Gasteiger partial charge in [0.25, 0.3) is 5.91 Å². The van der Waals surface area contributed by atoms with Gasteiger partial charge in [-0.2, -0.15) is 0 Å². The minimum absolute atomic E-state index is 0.273. The molecule has 180 valence electrons. The quantitative estimate of drug-likeness (QED) is 0.312. The molecular weight excluding hydrogens is 458 g/mol. The number of nitrogens with zero attached hydrogens (tertiary/aromatic N) is 2. The second-order valence-electron chi connectivity index (χ2n) is 7.90. The maximum atomic E-state index is 12.8. The Hall–Kier alpha value is -4.85. The average Bonchev–Trinajstić information content (AvgIpc) is 2.92. The highest BCUT2D eigenvalue weighted by Crippen LogP contribution is 2.37. The number of carbonyl (C=O) groups is 1. The maximum Gasteiger partial charge on any atom is 0.257 e. The van der Waals surface area contributed by atoms with Crippen LogP contribution in [0.15, 0.2) is 79.1 Å². The SMILES string of the molecule is COc1cccc(NC(=O)c2cnc3ccc(Oc4ccnc5cc(OC)c(OC)cc45)cc3c2)c1. The third-order valence-electron chi connectivity index (χ3n) is 5.68. The fourth-order valence-corrected chi connectivity index (χ4v) is 3.86. The molecule has 1 amide bonds. The summed E-state index contributed by atoms with van der Waals surface area (Å²) < 4.78 is 22.2. The van der Waals surface area contributed by atoms with Gasteiger partial charge >= 0.3 is 0 Å². The summed E-state index contributed by atoms with van der Waals surface area (Å²) in [5, 5.41) is 4.42. The lowest BCUT2D eigenvalue weighted by molar-refractivity contribution is 0.102. The monoisotopic (exact) mass is 481 g/mol. The summed E-state index contributed by atoms with van der Waals surface area (Å²) in [7, 11) is 4.74. The minimum Gasteiger partial charge on any atom is -0.497 e. The van der Waals surface area contributed by atoms with E-state index in [4.69, 9.17) is 18.9 Å². The molecule has 0 aliphatic carbocycles. The van der Waals surface area contributed by atoms with Crippen molar-refractivity contribution in [1.82, 2.24) is 9.97 Å². The summed E-state index contributed by atoms with van der Waals surface area (Å²) in [5.74, 6) is 2.76. The van der Waals surface area contributed by atoms with E-state index in [2.05, 4.69) is 15.3 Å². The van der Waals surface area contributed by atoms with Crippen LogP contribution in [-0.2, 0) is 0 Å². The minimum atomic E-state index is -0.273. The fraction of sp³-hybridized carbons (Fsp3) is 0.107. The Morgan fingerprint density at radius 1 is 0.750 bits per heavy atom. The van der Waals surface area contributed by atoms with Gasteiger partial charge in [0.2, 0.25) is 0 Å². The predicted octanol–water partition coefficient (Wildman–Crippen LogP) is 5.85. The Kier molecular flexibility index (Phi) is 6.23. The number of carbonyl (C=O) groups excluding carboxylic acids is 1. The number of anilines is 1. The van der Waals surface area contributed by atoms with E-state index < -0.39 is 0 Å². The van der Waals surface area contributed by atoms with Crippen LogP contribution in [0.2, 0.25) is 0 Å². The molecule has 0 unspecified atom stereocenters. The Bertz CT molecular complexity index is 1590. The number of pyridine rings is 2. The lowest BCUT2D eigenvalue weighted by Gasteiger charge is -2.13. The third kappa shape index (κ3) is 4.56. The highest BCUT2D eigenvalue weighted by molar-refractivity contribution is 6.06. The lowest BCUT2D eigenvalue weighted by Crippen LogP contribution is -2.12. The van der Waals surface area contributed by atoms with Gasteiger partial charge in [-0.15, -0.1) is 0 Å². The molecule has 1 N–H and O–H groups in total. The van der Waals surface area contributed by atoms with Gasteiger partial charge in [-0.3, -0.25) is 14.8 Å². The molecule has 0 aliphatic rings. The molecule has 0 fully saturated rings. The van der Waals surface area contributed by atoms with Gasteiger partial charge in [0.05, 0.1) is 37.9 Å². The van der Waals surface area contributed by atoms with Crippen molar-refractivity contribution >= 4 is 33.4 Å². The molecule has 2 aromatic heterocycles. The number of amides is 1. The predicted molar refractivity (Wildman–Crippen MR) is 138 cm³/mol. The Balaban J connectivity index is 1.44. The van der Waals surface area contributed by atoms with E-state index >= 15 is 0 Å². The molecule has 0 saturated carbocycles. The zero-order valence-corrected chi connectivity index (χ0v) is 19.9. The van der Waals surface area contributed by atoms with Crippen molar-refractivity contribution in [3.8, 4) is 28.7 Å². The van der Waals surface area contributed by atoms with Gasteiger partial charge in [0.1, 0.15) is 17.2 Å². The summed E-state index contributed by atoms with van der Waals surface area (Å²) in [6.45, 7) is 0. The van der Waals surface area contributed by atoms with Gasteiger partial charge in [-0.1, -0.05) is 6.07 Å². The first kappa shape index (κ1) is 22.9. The Morgan fingerprint density at radius 3 is 2.39 bits per heavy atom. The molecule has 3 aromatic carbocycles. The number of hydrogen-bond donors (Lipinski definition) is 1. The summed E-state index contributed by atoms with van der Waals surface area (Å²) in [5.41, 5.74) is 2.51. The van der Waals surface area contributed by atoms with Crippen LogP contribution in [0, 0.1) is 0 Å². The lowest BCUT2D eigenvalue weighted by atomic mass is 10.1. The first-order valence-electron chi connectivity index (χ1n) is 11.1. The van der Waals surface area contributed by atoms with Crippen LogP contribution in [0.25, 0.3) is 21.8 Å². The number of rotatable bonds is 7. The number of nitrogens with one attached hydrogen (secondary N) is 1. The fourth-order valence-electron chi connectivity index (χ4n) is 3.86. The number of ether oxygens (including phenoxy) is 4. The van der Waals surface area contributed by atoms with Crippen LogP contribution in [0.3, 0.4) is 0 Å². The number of methoxy groups -OCH3 is 3. The van der Waals surface area contributed by atoms with Crippen molar-refractivity contribution in [2.24, 2.45) is 0 Å². The van der Waals surface area contributed by atoms with Crippen molar-refractivity contribution in [2.45, 2.75) is 0 Å². The van der Waals surface area contributed by atoms with E-state index in [0.717, 1.165) is 16.3 Å². The molecule has 36 heavy (non-hydrogen) atoms. The Labute approximate surface area is 207 Å². The third-order valence-corrected chi connectivity index (χ3v) is 5.68. The molecule has 0 aliphatic heterocycles. The van der Waals surface area contributed by atoms with Crippen molar-refractivity contribution in [2.75, 3.05) is 26.6 Å². The van der Waals surface area contributed by atoms with Gasteiger partial charge in [-0.25, -0.2) is 0 Å². The van der Waals surface area contributed by atoms with E-state index in [1.54, 1.807) is 64.1 Å². The van der Waals surface area contributed by atoms with Crippen LogP contribution in [0.1, 0.15) is 10.4 Å². The van der Waals surface area contributed by atoms with Crippen LogP contribution in [0.5, 0.6) is 28.7 Å². The Morgan fingerprint density at radius 2 is 1.58 bits per heavy atom. The van der Waals surface area contributed by atoms with E-state index in [1.807, 2.05) is 36.4 Å². The maximum absolute atomic E-state index is 12.8. The second kappa shape index (κ2) is 9.79. The molecule has 5 aromatic rings. The van der Waals surface area contributed by atoms with Crippen molar-refractivity contribution in [1.29, 1.82) is 0 Å². The number of benzene rings is 3. The molecular formula is C28H23N3O5. The number of aromatic nitrogens is 2. The molecule has 2 heterocycles. The molecule has 0 saturated heterocycles. The molecule has 0 atom stereocenters. The standard InChI is InChI=1S/C28H23N3O5/c1-33-20-6-4-5-19(13-20)31-28(32)18-11-17-12-21(7-8-23(17)30-16-18)36-25-9-10-29-24-15-27(35-3)26(34-2)14-22(24)25/h4-16H,1-3H3,(H,31,32). The highest BCUT2D eigenvalue weighted by Gasteiger charge is 2.13. The first-order valence-corrected chi connectivity index (χ1v) is 11.1. The first-order chi connectivity index (χ1) is 17.6. The number of hydrogen-bond acceptors (Lipinski definition) is 7. The molecule has 0 bridgehead atoms. The van der Waals surface area contributed by atoms with Gasteiger partial charge in [-0.05, 0) is 48.5 Å². The average molecular weight is 482 g/mol. The summed E-state index contributed by atoms with van der Waals surface area (Å²) >= 11 is 0. The summed E-state index contributed by atoms with van der Waals surface area (Å²) in [6, 6.07) is 19.9. The highest BCUT2D eigenvalue weighted by atomic mass is 16.5. The van der Waals surface area contributed by atoms with Gasteiger partial charge in [0.15, 0.2) is 11.5 Å².